The van der Waals surface area contributed by atoms with Crippen molar-refractivity contribution in [2.75, 3.05) is 13.2 Å². The molecule has 0 saturated heterocycles. The SMILES string of the molecule is CC(C)(C)OC(=O)COC/C=C1\CCCCC1(C)/C=C/C=C/C(O)C1(CCC#Cc2ccccc2)CCC1. The molecule has 2 unspecified atom stereocenters. The Balaban J connectivity index is 1.51. The molecule has 0 bridgehead atoms. The Morgan fingerprint density at radius 1 is 1.11 bits per heavy atom. The van der Waals surface area contributed by atoms with Gasteiger partial charge in [0.2, 0.25) is 0 Å². The predicted octanol–water partition coefficient (Wildman–Crippen LogP) is 7.33. The number of allylic oxidation sites excluding steroid dienone is 4. The summed E-state index contributed by atoms with van der Waals surface area (Å²) in [5.74, 6) is 6.20. The van der Waals surface area contributed by atoms with Gasteiger partial charge < -0.3 is 14.6 Å². The molecule has 1 aromatic rings. The van der Waals surface area contributed by atoms with Crippen LogP contribution in [-0.4, -0.2) is 36.0 Å². The molecule has 0 heterocycles. The highest BCUT2D eigenvalue weighted by Crippen LogP contribution is 2.48. The van der Waals surface area contributed by atoms with E-state index in [-0.39, 0.29) is 23.4 Å². The molecule has 0 aliphatic heterocycles. The Morgan fingerprint density at radius 2 is 1.87 bits per heavy atom. The summed E-state index contributed by atoms with van der Waals surface area (Å²) in [5.41, 5.74) is 1.82. The van der Waals surface area contributed by atoms with Crippen molar-refractivity contribution in [3.05, 3.63) is 71.8 Å². The first kappa shape index (κ1) is 29.9. The van der Waals surface area contributed by atoms with Crippen LogP contribution in [0, 0.1) is 22.7 Å². The second-order valence-corrected chi connectivity index (χ2v) is 12.0. The maximum absolute atomic E-state index is 11.9. The molecule has 38 heavy (non-hydrogen) atoms. The third-order valence-corrected chi connectivity index (χ3v) is 7.81. The molecule has 1 N–H and O–H groups in total. The average Bonchev–Trinajstić information content (AvgIpc) is 2.84. The van der Waals surface area contributed by atoms with Crippen molar-refractivity contribution < 1.29 is 19.4 Å². The van der Waals surface area contributed by atoms with Gasteiger partial charge in [-0.3, -0.25) is 0 Å². The fourth-order valence-corrected chi connectivity index (χ4v) is 5.42. The molecule has 2 atom stereocenters. The lowest BCUT2D eigenvalue weighted by Gasteiger charge is -2.44. The van der Waals surface area contributed by atoms with E-state index in [0.717, 1.165) is 44.1 Å². The Morgan fingerprint density at radius 3 is 2.55 bits per heavy atom. The highest BCUT2D eigenvalue weighted by Gasteiger charge is 2.41. The zero-order valence-electron chi connectivity index (χ0n) is 23.8. The molecule has 2 aliphatic carbocycles. The number of benzene rings is 1. The quantitative estimate of drug-likeness (QED) is 0.116. The van der Waals surface area contributed by atoms with Gasteiger partial charge in [-0.2, -0.15) is 0 Å². The summed E-state index contributed by atoms with van der Waals surface area (Å²) in [6, 6.07) is 10.1. The van der Waals surface area contributed by atoms with Gasteiger partial charge in [0.25, 0.3) is 0 Å². The van der Waals surface area contributed by atoms with Crippen molar-refractivity contribution >= 4 is 5.97 Å². The number of aliphatic hydroxyl groups excluding tert-OH is 1. The van der Waals surface area contributed by atoms with E-state index in [1.807, 2.05) is 63.3 Å². The number of ether oxygens (including phenoxy) is 2. The molecule has 0 radical (unpaired) electrons. The van der Waals surface area contributed by atoms with Crippen molar-refractivity contribution in [1.82, 2.24) is 0 Å². The van der Waals surface area contributed by atoms with E-state index in [2.05, 4.69) is 37.0 Å². The van der Waals surface area contributed by atoms with Crippen LogP contribution in [0.25, 0.3) is 0 Å². The van der Waals surface area contributed by atoms with Crippen LogP contribution in [0.4, 0.5) is 0 Å². The van der Waals surface area contributed by atoms with Crippen molar-refractivity contribution in [2.24, 2.45) is 10.8 Å². The number of carbonyl (C=O) groups is 1. The van der Waals surface area contributed by atoms with E-state index in [4.69, 9.17) is 9.47 Å². The van der Waals surface area contributed by atoms with Crippen molar-refractivity contribution in [3.63, 3.8) is 0 Å². The fraction of sp³-hybridized carbons (Fsp3) is 0.559. The Kier molecular flexibility index (Phi) is 11.0. The second kappa shape index (κ2) is 14.0. The lowest BCUT2D eigenvalue weighted by Crippen LogP contribution is -2.40. The van der Waals surface area contributed by atoms with Crippen LogP contribution in [0.15, 0.2) is 66.3 Å². The fourth-order valence-electron chi connectivity index (χ4n) is 5.42. The molecule has 3 rings (SSSR count). The molecule has 0 aromatic heterocycles. The minimum absolute atomic E-state index is 0.0339. The molecular formula is C34H46O4. The molecule has 2 fully saturated rings. The van der Waals surface area contributed by atoms with Crippen molar-refractivity contribution in [3.8, 4) is 11.8 Å². The smallest absolute Gasteiger partial charge is 0.332 e. The van der Waals surface area contributed by atoms with Crippen molar-refractivity contribution in [1.29, 1.82) is 0 Å². The highest BCUT2D eigenvalue weighted by atomic mass is 16.6. The van der Waals surface area contributed by atoms with Crippen LogP contribution in [-0.2, 0) is 14.3 Å². The summed E-state index contributed by atoms with van der Waals surface area (Å²) in [6.45, 7) is 8.21. The molecule has 4 heteroatoms. The summed E-state index contributed by atoms with van der Waals surface area (Å²) in [7, 11) is 0. The predicted molar refractivity (Wildman–Crippen MR) is 154 cm³/mol. The number of hydrogen-bond donors (Lipinski definition) is 1. The monoisotopic (exact) mass is 518 g/mol. The van der Waals surface area contributed by atoms with Gasteiger partial charge in [0.15, 0.2) is 0 Å². The molecule has 2 aliphatic rings. The minimum atomic E-state index is -0.499. The number of hydrogen-bond acceptors (Lipinski definition) is 4. The van der Waals surface area contributed by atoms with Gasteiger partial charge >= 0.3 is 5.97 Å². The molecule has 0 spiro atoms. The van der Waals surface area contributed by atoms with Crippen LogP contribution in [0.3, 0.4) is 0 Å². The van der Waals surface area contributed by atoms with E-state index >= 15 is 0 Å². The van der Waals surface area contributed by atoms with Gasteiger partial charge in [0.1, 0.15) is 12.2 Å². The van der Waals surface area contributed by atoms with Crippen LogP contribution < -0.4 is 0 Å². The largest absolute Gasteiger partial charge is 0.458 e. The summed E-state index contributed by atoms with van der Waals surface area (Å²) in [5, 5.41) is 11.0. The first-order chi connectivity index (χ1) is 18.1. The molecular weight excluding hydrogens is 472 g/mol. The molecule has 1 aromatic carbocycles. The molecule has 206 valence electrons. The van der Waals surface area contributed by atoms with Gasteiger partial charge in [-0.1, -0.05) is 85.8 Å². The third kappa shape index (κ3) is 9.29. The number of esters is 1. The molecule has 4 nitrogen and oxygen atoms in total. The average molecular weight is 519 g/mol. The maximum Gasteiger partial charge on any atom is 0.332 e. The third-order valence-electron chi connectivity index (χ3n) is 7.81. The first-order valence-electron chi connectivity index (χ1n) is 14.2. The minimum Gasteiger partial charge on any atom is -0.458 e. The normalized spacial score (nSPS) is 23.1. The van der Waals surface area contributed by atoms with Gasteiger partial charge in [-0.15, -0.1) is 0 Å². The molecule has 2 saturated carbocycles. The first-order valence-corrected chi connectivity index (χ1v) is 14.2. The lowest BCUT2D eigenvalue weighted by molar-refractivity contribution is -0.159. The summed E-state index contributed by atoms with van der Waals surface area (Å²) in [6.07, 6.45) is 19.5. The van der Waals surface area contributed by atoms with Crippen LogP contribution in [0.5, 0.6) is 0 Å². The van der Waals surface area contributed by atoms with Gasteiger partial charge in [0.05, 0.1) is 12.7 Å². The van der Waals surface area contributed by atoms with E-state index in [1.54, 1.807) is 0 Å². The highest BCUT2D eigenvalue weighted by molar-refractivity contribution is 5.71. The summed E-state index contributed by atoms with van der Waals surface area (Å²) >= 11 is 0. The zero-order valence-corrected chi connectivity index (χ0v) is 23.8. The Labute approximate surface area is 230 Å². The van der Waals surface area contributed by atoms with Gasteiger partial charge in [0, 0.05) is 22.8 Å². The van der Waals surface area contributed by atoms with E-state index < -0.39 is 11.7 Å². The van der Waals surface area contributed by atoms with Crippen LogP contribution in [0.1, 0.15) is 91.0 Å². The maximum atomic E-state index is 11.9. The Bertz CT molecular complexity index is 1040. The van der Waals surface area contributed by atoms with Gasteiger partial charge in [-0.25, -0.2) is 4.79 Å². The molecule has 0 amide bonds. The van der Waals surface area contributed by atoms with E-state index in [9.17, 15) is 9.90 Å². The lowest BCUT2D eigenvalue weighted by atomic mass is 9.62. The van der Waals surface area contributed by atoms with Crippen LogP contribution >= 0.6 is 0 Å². The Hall–Kier alpha value is -2.61. The standard InChI is InChI=1S/C34H46O4/c1-32(2,3)38-31(36)27-37-26-20-29-18-9-11-21-33(29,4)22-12-10-19-30(35)34(24-14-25-34)23-13-8-17-28-15-6-5-7-16-28/h5-7,10,12,15-16,19-20,22,30,35H,9,11,13-14,18,21,23-27H2,1-4H3/b19-10+,22-12+,29-20+. The van der Waals surface area contributed by atoms with Crippen LogP contribution in [0.2, 0.25) is 0 Å². The number of carbonyl (C=O) groups excluding carboxylic acids is 1. The topological polar surface area (TPSA) is 55.8 Å². The summed E-state index contributed by atoms with van der Waals surface area (Å²) in [4.78, 5) is 11.9. The van der Waals surface area contributed by atoms with E-state index in [1.165, 1.54) is 24.8 Å². The second-order valence-electron chi connectivity index (χ2n) is 12.0. The van der Waals surface area contributed by atoms with Crippen molar-refractivity contribution in [2.45, 2.75) is 97.2 Å². The number of rotatable bonds is 10. The zero-order chi connectivity index (χ0) is 27.5. The van der Waals surface area contributed by atoms with E-state index in [0.29, 0.717) is 6.61 Å². The van der Waals surface area contributed by atoms with Gasteiger partial charge in [-0.05, 0) is 71.4 Å². The number of aliphatic hydroxyl groups is 1. The summed E-state index contributed by atoms with van der Waals surface area (Å²) < 4.78 is 10.9.